The van der Waals surface area contributed by atoms with Gasteiger partial charge in [0.25, 0.3) is 0 Å². The number of carbonyl (C=O) groups is 2. The molecule has 26 heavy (non-hydrogen) atoms. The lowest BCUT2D eigenvalue weighted by Gasteiger charge is -2.09. The van der Waals surface area contributed by atoms with E-state index in [0.29, 0.717) is 23.7 Å². The Bertz CT molecular complexity index is 806. The number of hydrogen-bond acceptors (Lipinski definition) is 6. The van der Waals surface area contributed by atoms with E-state index in [1.54, 1.807) is 42.5 Å². The molecule has 1 heterocycles. The lowest BCUT2D eigenvalue weighted by Crippen LogP contribution is -2.32. The molecule has 134 valence electrons. The summed E-state index contributed by atoms with van der Waals surface area (Å²) in [4.78, 5) is 27.3. The molecular formula is C18H18N4O4. The van der Waals surface area contributed by atoms with Crippen LogP contribution in [0.1, 0.15) is 5.56 Å². The Balaban J connectivity index is 1.93. The first-order valence-corrected chi connectivity index (χ1v) is 7.61. The van der Waals surface area contributed by atoms with Crippen LogP contribution in [-0.2, 0) is 9.59 Å². The lowest BCUT2D eigenvalue weighted by molar-refractivity contribution is -0.136. The second-order valence-electron chi connectivity index (χ2n) is 4.88. The van der Waals surface area contributed by atoms with E-state index in [1.807, 2.05) is 0 Å². The summed E-state index contributed by atoms with van der Waals surface area (Å²) in [5, 5.41) is 6.11. The zero-order valence-corrected chi connectivity index (χ0v) is 14.1. The molecule has 0 spiro atoms. The first-order valence-electron chi connectivity index (χ1n) is 7.61. The molecule has 0 aliphatic heterocycles. The van der Waals surface area contributed by atoms with Crippen molar-refractivity contribution < 1.29 is 19.1 Å². The van der Waals surface area contributed by atoms with E-state index < -0.39 is 11.8 Å². The summed E-state index contributed by atoms with van der Waals surface area (Å²) in [7, 11) is 1.51. The van der Waals surface area contributed by atoms with E-state index in [2.05, 4.69) is 27.4 Å². The number of benzene rings is 1. The number of hydrogen-bond donors (Lipinski definition) is 2. The minimum Gasteiger partial charge on any atom is -0.493 e. The van der Waals surface area contributed by atoms with E-state index in [1.165, 1.54) is 19.5 Å². The van der Waals surface area contributed by atoms with Crippen LogP contribution in [0, 0.1) is 0 Å². The van der Waals surface area contributed by atoms with Crippen LogP contribution in [0.3, 0.4) is 0 Å². The largest absolute Gasteiger partial charge is 0.493 e. The van der Waals surface area contributed by atoms with Crippen LogP contribution in [-0.4, -0.2) is 36.7 Å². The number of rotatable bonds is 7. The first kappa shape index (κ1) is 18.7. The number of nitrogens with zero attached hydrogens (tertiary/aromatic N) is 2. The van der Waals surface area contributed by atoms with Crippen molar-refractivity contribution in [3.63, 3.8) is 0 Å². The number of pyridine rings is 1. The number of amides is 2. The first-order chi connectivity index (χ1) is 12.6. The molecule has 8 heteroatoms. The number of aromatic nitrogens is 1. The van der Waals surface area contributed by atoms with Gasteiger partial charge in [-0.1, -0.05) is 18.7 Å². The molecule has 1 aromatic heterocycles. The lowest BCUT2D eigenvalue weighted by atomic mass is 10.2. The normalized spacial score (nSPS) is 10.2. The summed E-state index contributed by atoms with van der Waals surface area (Å²) in [6.45, 7) is 3.93. The Labute approximate surface area is 150 Å². The van der Waals surface area contributed by atoms with Crippen molar-refractivity contribution in [2.45, 2.75) is 0 Å². The van der Waals surface area contributed by atoms with Crippen molar-refractivity contribution in [3.8, 4) is 11.5 Å². The molecule has 0 saturated carbocycles. The molecule has 2 rings (SSSR count). The fraction of sp³-hybridized carbons (Fsp3) is 0.111. The smallest absolute Gasteiger partial charge is 0.329 e. The zero-order chi connectivity index (χ0) is 18.8. The summed E-state index contributed by atoms with van der Waals surface area (Å²) in [5.41, 5.74) is 2.79. The minimum atomic E-state index is -0.912. The summed E-state index contributed by atoms with van der Waals surface area (Å²) >= 11 is 0. The summed E-state index contributed by atoms with van der Waals surface area (Å²) < 4.78 is 10.7. The topological polar surface area (TPSA) is 102 Å². The highest BCUT2D eigenvalue weighted by Gasteiger charge is 2.13. The summed E-state index contributed by atoms with van der Waals surface area (Å²) in [6, 6.07) is 10.1. The number of hydrazone groups is 1. The Kier molecular flexibility index (Phi) is 6.87. The molecule has 0 aliphatic carbocycles. The third-order valence-electron chi connectivity index (χ3n) is 3.04. The molecule has 2 aromatic rings. The predicted octanol–water partition coefficient (Wildman–Crippen LogP) is 1.74. The molecule has 2 amide bonds. The quantitative estimate of drug-likeness (QED) is 0.341. The van der Waals surface area contributed by atoms with Crippen LogP contribution < -0.4 is 20.2 Å². The third kappa shape index (κ3) is 5.45. The molecule has 0 atom stereocenters. The Morgan fingerprint density at radius 2 is 2.08 bits per heavy atom. The van der Waals surface area contributed by atoms with Gasteiger partial charge in [-0.2, -0.15) is 5.10 Å². The van der Waals surface area contributed by atoms with Crippen molar-refractivity contribution in [3.05, 3.63) is 60.8 Å². The third-order valence-corrected chi connectivity index (χ3v) is 3.04. The number of anilines is 1. The average Bonchev–Trinajstić information content (AvgIpc) is 2.67. The van der Waals surface area contributed by atoms with Crippen molar-refractivity contribution in [2.24, 2.45) is 5.10 Å². The maximum Gasteiger partial charge on any atom is 0.329 e. The van der Waals surface area contributed by atoms with Gasteiger partial charge in [0.05, 0.1) is 13.3 Å². The van der Waals surface area contributed by atoms with Gasteiger partial charge < -0.3 is 14.8 Å². The SMILES string of the molecule is C=CCOc1ccc(/C=N/NC(=O)C(=O)Nc2ccccn2)cc1OC. The van der Waals surface area contributed by atoms with Gasteiger partial charge in [-0.3, -0.25) is 9.59 Å². The molecule has 0 radical (unpaired) electrons. The van der Waals surface area contributed by atoms with Crippen LogP contribution in [0.4, 0.5) is 5.82 Å². The molecule has 0 bridgehead atoms. The highest BCUT2D eigenvalue weighted by molar-refractivity contribution is 6.39. The molecule has 8 nitrogen and oxygen atoms in total. The van der Waals surface area contributed by atoms with Gasteiger partial charge in [0.2, 0.25) is 0 Å². The Morgan fingerprint density at radius 1 is 1.23 bits per heavy atom. The molecule has 0 fully saturated rings. The fourth-order valence-corrected chi connectivity index (χ4v) is 1.86. The van der Waals surface area contributed by atoms with E-state index in [9.17, 15) is 9.59 Å². The van der Waals surface area contributed by atoms with E-state index in [-0.39, 0.29) is 5.82 Å². The molecule has 0 unspecified atom stereocenters. The van der Waals surface area contributed by atoms with Gasteiger partial charge in [0, 0.05) is 6.20 Å². The molecule has 1 aromatic carbocycles. The highest BCUT2D eigenvalue weighted by atomic mass is 16.5. The van der Waals surface area contributed by atoms with Gasteiger partial charge in [-0.15, -0.1) is 0 Å². The van der Waals surface area contributed by atoms with Crippen LogP contribution in [0.2, 0.25) is 0 Å². The second-order valence-corrected chi connectivity index (χ2v) is 4.88. The van der Waals surface area contributed by atoms with Crippen molar-refractivity contribution in [1.29, 1.82) is 0 Å². The van der Waals surface area contributed by atoms with E-state index in [0.717, 1.165) is 0 Å². The van der Waals surface area contributed by atoms with E-state index in [4.69, 9.17) is 9.47 Å². The number of methoxy groups -OCH3 is 1. The standard InChI is InChI=1S/C18H18N4O4/c1-3-10-26-14-8-7-13(11-15(14)25-2)12-20-22-18(24)17(23)21-16-6-4-5-9-19-16/h3-9,11-12H,1,10H2,2H3,(H,22,24)(H,19,21,23)/b20-12+. The molecular weight excluding hydrogens is 336 g/mol. The van der Waals surface area contributed by atoms with Crippen molar-refractivity contribution >= 4 is 23.8 Å². The van der Waals surface area contributed by atoms with Crippen LogP contribution in [0.15, 0.2) is 60.4 Å². The van der Waals surface area contributed by atoms with Gasteiger partial charge in [-0.25, -0.2) is 10.4 Å². The van der Waals surface area contributed by atoms with Gasteiger partial charge in [-0.05, 0) is 35.9 Å². The monoisotopic (exact) mass is 354 g/mol. The van der Waals surface area contributed by atoms with Crippen molar-refractivity contribution in [2.75, 3.05) is 19.0 Å². The average molecular weight is 354 g/mol. The van der Waals surface area contributed by atoms with Crippen molar-refractivity contribution in [1.82, 2.24) is 10.4 Å². The Morgan fingerprint density at radius 3 is 2.77 bits per heavy atom. The van der Waals surface area contributed by atoms with Gasteiger partial charge >= 0.3 is 11.8 Å². The maximum absolute atomic E-state index is 11.7. The second kappa shape index (κ2) is 9.58. The van der Waals surface area contributed by atoms with Gasteiger partial charge in [0.15, 0.2) is 11.5 Å². The van der Waals surface area contributed by atoms with Crippen LogP contribution in [0.5, 0.6) is 11.5 Å². The number of carbonyl (C=O) groups excluding carboxylic acids is 2. The van der Waals surface area contributed by atoms with Crippen LogP contribution >= 0.6 is 0 Å². The summed E-state index contributed by atoms with van der Waals surface area (Å²) in [5.74, 6) is -0.439. The zero-order valence-electron chi connectivity index (χ0n) is 14.1. The van der Waals surface area contributed by atoms with Gasteiger partial charge in [0.1, 0.15) is 12.4 Å². The minimum absolute atomic E-state index is 0.275. The maximum atomic E-state index is 11.7. The summed E-state index contributed by atoms with van der Waals surface area (Å²) in [6.07, 6.45) is 4.51. The molecule has 0 aliphatic rings. The van der Waals surface area contributed by atoms with E-state index >= 15 is 0 Å². The number of nitrogens with one attached hydrogen (secondary N) is 2. The van der Waals surface area contributed by atoms with Crippen LogP contribution in [0.25, 0.3) is 0 Å². The molecule has 2 N–H and O–H groups in total. The predicted molar refractivity (Wildman–Crippen MR) is 97.3 cm³/mol. The molecule has 0 saturated heterocycles. The Hall–Kier alpha value is -3.68. The highest BCUT2D eigenvalue weighted by Crippen LogP contribution is 2.27. The number of ether oxygens (including phenoxy) is 2. The fourth-order valence-electron chi connectivity index (χ4n) is 1.86.